The van der Waals surface area contributed by atoms with E-state index in [0.717, 1.165) is 13.0 Å². The van der Waals surface area contributed by atoms with Gasteiger partial charge in [0, 0.05) is 11.6 Å². The molecule has 1 unspecified atom stereocenters. The zero-order valence-electron chi connectivity index (χ0n) is 12.8. The molecule has 0 saturated carbocycles. The Labute approximate surface area is 126 Å². The molecule has 0 aliphatic carbocycles. The highest BCUT2D eigenvalue weighted by Gasteiger charge is 2.15. The summed E-state index contributed by atoms with van der Waals surface area (Å²) in [6.07, 6.45) is 0.919. The van der Waals surface area contributed by atoms with E-state index in [1.807, 2.05) is 6.92 Å². The van der Waals surface area contributed by atoms with Crippen molar-refractivity contribution in [3.63, 3.8) is 0 Å². The fourth-order valence-electron chi connectivity index (χ4n) is 2.52. The highest BCUT2D eigenvalue weighted by atomic mass is 19.1. The van der Waals surface area contributed by atoms with Gasteiger partial charge in [-0.1, -0.05) is 35.9 Å². The van der Waals surface area contributed by atoms with Crippen LogP contribution in [-0.2, 0) is 6.42 Å². The number of halogens is 1. The van der Waals surface area contributed by atoms with Crippen LogP contribution in [0.15, 0.2) is 42.5 Å². The maximum absolute atomic E-state index is 14.0. The summed E-state index contributed by atoms with van der Waals surface area (Å²) in [5, 5.41) is 3.36. The average Bonchev–Trinajstić information content (AvgIpc) is 2.46. The fourth-order valence-corrected chi connectivity index (χ4v) is 2.52. The Morgan fingerprint density at radius 2 is 1.95 bits per heavy atom. The molecular weight excluding hydrogens is 265 g/mol. The maximum atomic E-state index is 14.0. The highest BCUT2D eigenvalue weighted by molar-refractivity contribution is 5.37. The van der Waals surface area contributed by atoms with Gasteiger partial charge < -0.3 is 10.1 Å². The van der Waals surface area contributed by atoms with Gasteiger partial charge in [0.2, 0.25) is 0 Å². The number of benzene rings is 2. The molecule has 3 heteroatoms. The van der Waals surface area contributed by atoms with Crippen LogP contribution >= 0.6 is 0 Å². The Morgan fingerprint density at radius 1 is 1.19 bits per heavy atom. The molecule has 0 heterocycles. The zero-order valence-corrected chi connectivity index (χ0v) is 12.8. The first-order valence-corrected chi connectivity index (χ1v) is 7.23. The van der Waals surface area contributed by atoms with E-state index in [1.54, 1.807) is 19.2 Å². The first-order chi connectivity index (χ1) is 10.1. The molecule has 0 amide bonds. The quantitative estimate of drug-likeness (QED) is 0.866. The van der Waals surface area contributed by atoms with Crippen LogP contribution in [0.25, 0.3) is 0 Å². The molecule has 2 aromatic carbocycles. The van der Waals surface area contributed by atoms with Gasteiger partial charge in [-0.05, 0) is 44.5 Å². The summed E-state index contributed by atoms with van der Waals surface area (Å²) in [5.41, 5.74) is 3.13. The van der Waals surface area contributed by atoms with Gasteiger partial charge in [-0.25, -0.2) is 4.39 Å². The second-order valence-corrected chi connectivity index (χ2v) is 5.27. The summed E-state index contributed by atoms with van der Waals surface area (Å²) in [7, 11) is 1.57. The van der Waals surface area contributed by atoms with Crippen molar-refractivity contribution in [3.8, 4) is 5.75 Å². The van der Waals surface area contributed by atoms with E-state index in [-0.39, 0.29) is 11.9 Å². The lowest BCUT2D eigenvalue weighted by atomic mass is 10.1. The second-order valence-electron chi connectivity index (χ2n) is 5.27. The normalized spacial score (nSPS) is 12.2. The van der Waals surface area contributed by atoms with E-state index >= 15 is 0 Å². The molecule has 1 atom stereocenters. The number of nitrogens with one attached hydrogen (secondary N) is 1. The summed E-state index contributed by atoms with van der Waals surface area (Å²) in [6, 6.07) is 13.3. The molecule has 0 aromatic heterocycles. The lowest BCUT2D eigenvalue weighted by Gasteiger charge is -2.18. The maximum Gasteiger partial charge on any atom is 0.131 e. The van der Waals surface area contributed by atoms with E-state index in [0.29, 0.717) is 11.3 Å². The molecule has 2 nitrogen and oxygen atoms in total. The summed E-state index contributed by atoms with van der Waals surface area (Å²) in [4.78, 5) is 0. The number of hydrogen-bond donors (Lipinski definition) is 1. The minimum Gasteiger partial charge on any atom is -0.496 e. The third-order valence-electron chi connectivity index (χ3n) is 3.61. The molecule has 0 fully saturated rings. The van der Waals surface area contributed by atoms with Gasteiger partial charge in [0.1, 0.15) is 11.6 Å². The zero-order chi connectivity index (χ0) is 15.2. The van der Waals surface area contributed by atoms with Crippen LogP contribution in [0.5, 0.6) is 5.75 Å². The van der Waals surface area contributed by atoms with Crippen molar-refractivity contribution in [2.24, 2.45) is 0 Å². The van der Waals surface area contributed by atoms with Crippen LogP contribution in [0, 0.1) is 12.7 Å². The van der Waals surface area contributed by atoms with Gasteiger partial charge in [0.15, 0.2) is 0 Å². The van der Waals surface area contributed by atoms with E-state index < -0.39 is 0 Å². The third kappa shape index (κ3) is 4.05. The molecular formula is C18H22FNO. The Balaban J connectivity index is 1.97. The predicted molar refractivity (Wildman–Crippen MR) is 84.3 cm³/mol. The number of hydrogen-bond acceptors (Lipinski definition) is 2. The number of aryl methyl sites for hydroxylation is 1. The lowest BCUT2D eigenvalue weighted by Crippen LogP contribution is -2.22. The minimum atomic E-state index is -0.232. The molecule has 112 valence electrons. The summed E-state index contributed by atoms with van der Waals surface area (Å²) < 4.78 is 19.2. The van der Waals surface area contributed by atoms with Crippen molar-refractivity contribution < 1.29 is 9.13 Å². The summed E-state index contributed by atoms with van der Waals surface area (Å²) in [5.74, 6) is 0.357. The molecule has 0 bridgehead atoms. The third-order valence-corrected chi connectivity index (χ3v) is 3.61. The lowest BCUT2D eigenvalue weighted by molar-refractivity contribution is 0.394. The van der Waals surface area contributed by atoms with Gasteiger partial charge in [-0.2, -0.15) is 0 Å². The largest absolute Gasteiger partial charge is 0.496 e. The van der Waals surface area contributed by atoms with Crippen molar-refractivity contribution >= 4 is 0 Å². The van der Waals surface area contributed by atoms with E-state index in [2.05, 4.69) is 36.5 Å². The van der Waals surface area contributed by atoms with Crippen LogP contribution in [0.1, 0.15) is 29.7 Å². The van der Waals surface area contributed by atoms with Crippen LogP contribution in [0.3, 0.4) is 0 Å². The Kier molecular flexibility index (Phi) is 5.34. The summed E-state index contributed by atoms with van der Waals surface area (Å²) in [6.45, 7) is 4.84. The van der Waals surface area contributed by atoms with Crippen LogP contribution in [0.2, 0.25) is 0 Å². The highest BCUT2D eigenvalue weighted by Crippen LogP contribution is 2.27. The average molecular weight is 287 g/mol. The molecule has 0 radical (unpaired) electrons. The molecule has 0 aliphatic rings. The fraction of sp³-hybridized carbons (Fsp3) is 0.333. The first kappa shape index (κ1) is 15.5. The smallest absolute Gasteiger partial charge is 0.131 e. The van der Waals surface area contributed by atoms with E-state index in [4.69, 9.17) is 4.74 Å². The SMILES string of the molecule is COc1cccc(F)c1C(C)NCCc1cccc(C)c1. The van der Waals surface area contributed by atoms with Crippen LogP contribution in [0.4, 0.5) is 4.39 Å². The molecule has 0 saturated heterocycles. The van der Waals surface area contributed by atoms with Crippen LogP contribution in [-0.4, -0.2) is 13.7 Å². The van der Waals surface area contributed by atoms with Crippen LogP contribution < -0.4 is 10.1 Å². The van der Waals surface area contributed by atoms with E-state index in [9.17, 15) is 4.39 Å². The van der Waals surface area contributed by atoms with Crippen molar-refractivity contribution in [2.75, 3.05) is 13.7 Å². The number of rotatable bonds is 6. The standard InChI is InChI=1S/C18H22FNO/c1-13-6-4-7-15(12-13)10-11-20-14(2)18-16(19)8-5-9-17(18)21-3/h4-9,12,14,20H,10-11H2,1-3H3. The predicted octanol–water partition coefficient (Wildman–Crippen LogP) is 4.04. The Hall–Kier alpha value is -1.87. The van der Waals surface area contributed by atoms with Crippen molar-refractivity contribution in [3.05, 3.63) is 65.0 Å². The number of methoxy groups -OCH3 is 1. The van der Waals surface area contributed by atoms with Gasteiger partial charge >= 0.3 is 0 Å². The minimum absolute atomic E-state index is 0.0917. The second kappa shape index (κ2) is 7.23. The molecule has 2 aromatic rings. The van der Waals surface area contributed by atoms with Crippen molar-refractivity contribution in [1.82, 2.24) is 5.32 Å². The van der Waals surface area contributed by atoms with Gasteiger partial charge in [-0.3, -0.25) is 0 Å². The molecule has 1 N–H and O–H groups in total. The first-order valence-electron chi connectivity index (χ1n) is 7.23. The van der Waals surface area contributed by atoms with Crippen molar-refractivity contribution in [2.45, 2.75) is 26.3 Å². The Bertz CT molecular complexity index is 598. The van der Waals surface area contributed by atoms with Gasteiger partial charge in [-0.15, -0.1) is 0 Å². The topological polar surface area (TPSA) is 21.3 Å². The van der Waals surface area contributed by atoms with Gasteiger partial charge in [0.25, 0.3) is 0 Å². The summed E-state index contributed by atoms with van der Waals surface area (Å²) >= 11 is 0. The monoisotopic (exact) mass is 287 g/mol. The molecule has 0 aliphatic heterocycles. The Morgan fingerprint density at radius 3 is 2.67 bits per heavy atom. The van der Waals surface area contributed by atoms with E-state index in [1.165, 1.54) is 17.2 Å². The molecule has 0 spiro atoms. The van der Waals surface area contributed by atoms with Crippen molar-refractivity contribution in [1.29, 1.82) is 0 Å². The number of ether oxygens (including phenoxy) is 1. The molecule has 21 heavy (non-hydrogen) atoms. The molecule has 2 rings (SSSR count). The van der Waals surface area contributed by atoms with Gasteiger partial charge in [0.05, 0.1) is 7.11 Å².